The molecule has 0 saturated heterocycles. The second-order valence-corrected chi connectivity index (χ2v) is 5.58. The number of amides is 2. The summed E-state index contributed by atoms with van der Waals surface area (Å²) in [6.07, 6.45) is 0. The van der Waals surface area contributed by atoms with E-state index in [0.717, 1.165) is 4.90 Å². The van der Waals surface area contributed by atoms with Crippen LogP contribution in [0.5, 0.6) is 0 Å². The molecule has 2 amide bonds. The first-order chi connectivity index (χ1) is 9.50. The minimum absolute atomic E-state index is 0.283. The van der Waals surface area contributed by atoms with Crippen LogP contribution >= 0.6 is 27.5 Å². The average Bonchev–Trinajstić information content (AvgIpc) is 2.68. The highest BCUT2D eigenvalue weighted by Crippen LogP contribution is 2.36. The fourth-order valence-corrected chi connectivity index (χ4v) is 2.90. The quantitative estimate of drug-likeness (QED) is 0.632. The highest BCUT2D eigenvalue weighted by Gasteiger charge is 2.36. The topological polar surface area (TPSA) is 63.4 Å². The number of nitrogens with zero attached hydrogens (tertiary/aromatic N) is 1. The molecule has 3 rings (SSSR count). The van der Waals surface area contributed by atoms with Crippen LogP contribution in [-0.2, 0) is 0 Å². The second kappa shape index (κ2) is 4.61. The number of imide groups is 1. The lowest BCUT2D eigenvalue weighted by Crippen LogP contribution is -2.29. The number of halogens is 2. The minimum atomic E-state index is -0.363. The molecule has 0 radical (unpaired) electrons. The number of benzene rings is 2. The van der Waals surface area contributed by atoms with Crippen molar-refractivity contribution in [3.63, 3.8) is 0 Å². The molecule has 20 heavy (non-hydrogen) atoms. The Bertz CT molecular complexity index is 703. The van der Waals surface area contributed by atoms with Crippen molar-refractivity contribution in [3.05, 3.63) is 57.0 Å². The van der Waals surface area contributed by atoms with Gasteiger partial charge in [0.25, 0.3) is 11.8 Å². The first-order valence-electron chi connectivity index (χ1n) is 5.73. The smallest absolute Gasteiger partial charge is 0.266 e. The monoisotopic (exact) mass is 350 g/mol. The number of hydrogen-bond donors (Lipinski definition) is 1. The summed E-state index contributed by atoms with van der Waals surface area (Å²) in [6, 6.07) is 9.80. The van der Waals surface area contributed by atoms with Gasteiger partial charge in [0.2, 0.25) is 0 Å². The summed E-state index contributed by atoms with van der Waals surface area (Å²) < 4.78 is 0.538. The van der Waals surface area contributed by atoms with E-state index in [1.807, 2.05) is 0 Å². The van der Waals surface area contributed by atoms with E-state index in [-0.39, 0.29) is 16.8 Å². The van der Waals surface area contributed by atoms with E-state index in [2.05, 4.69) is 15.9 Å². The molecule has 0 fully saturated rings. The van der Waals surface area contributed by atoms with Crippen LogP contribution in [0.1, 0.15) is 20.7 Å². The molecular formula is C14H8BrClN2O2. The third kappa shape index (κ3) is 1.82. The van der Waals surface area contributed by atoms with E-state index in [0.29, 0.717) is 27.0 Å². The molecule has 0 aliphatic carbocycles. The van der Waals surface area contributed by atoms with Gasteiger partial charge in [0.05, 0.1) is 27.5 Å². The lowest BCUT2D eigenvalue weighted by Gasteiger charge is -2.15. The highest BCUT2D eigenvalue weighted by molar-refractivity contribution is 9.10. The molecule has 0 aromatic heterocycles. The molecule has 0 atom stereocenters. The Morgan fingerprint density at radius 3 is 2.10 bits per heavy atom. The first-order valence-corrected chi connectivity index (χ1v) is 6.90. The number of nitrogen functional groups attached to an aromatic ring is 1. The maximum atomic E-state index is 12.3. The molecule has 0 saturated carbocycles. The van der Waals surface area contributed by atoms with Crippen LogP contribution < -0.4 is 10.6 Å². The summed E-state index contributed by atoms with van der Waals surface area (Å²) in [6.45, 7) is 0. The third-order valence-electron chi connectivity index (χ3n) is 3.12. The predicted molar refractivity (Wildman–Crippen MR) is 81.1 cm³/mol. The van der Waals surface area contributed by atoms with E-state index >= 15 is 0 Å². The van der Waals surface area contributed by atoms with Crippen LogP contribution in [0.25, 0.3) is 0 Å². The SMILES string of the molecule is Nc1c(Cl)cc(N2C(=O)c3ccccc3C2=O)cc1Br. The number of fused-ring (bicyclic) bond motifs is 1. The van der Waals surface area contributed by atoms with Crippen molar-refractivity contribution < 1.29 is 9.59 Å². The number of rotatable bonds is 1. The Labute approximate surface area is 128 Å². The zero-order valence-corrected chi connectivity index (χ0v) is 12.4. The lowest BCUT2D eigenvalue weighted by molar-refractivity contribution is 0.0926. The average molecular weight is 352 g/mol. The molecule has 0 bridgehead atoms. The molecule has 2 aromatic rings. The van der Waals surface area contributed by atoms with Crippen LogP contribution in [-0.4, -0.2) is 11.8 Å². The molecule has 0 spiro atoms. The summed E-state index contributed by atoms with van der Waals surface area (Å²) in [5.74, 6) is -0.725. The van der Waals surface area contributed by atoms with Crippen LogP contribution in [0.3, 0.4) is 0 Å². The molecule has 100 valence electrons. The van der Waals surface area contributed by atoms with E-state index in [1.165, 1.54) is 6.07 Å². The van der Waals surface area contributed by atoms with Crippen molar-refractivity contribution in [3.8, 4) is 0 Å². The Balaban J connectivity index is 2.14. The molecule has 0 unspecified atom stereocenters. The van der Waals surface area contributed by atoms with Crippen molar-refractivity contribution in [2.45, 2.75) is 0 Å². The number of carbonyl (C=O) groups excluding carboxylic acids is 2. The van der Waals surface area contributed by atoms with Gasteiger partial charge >= 0.3 is 0 Å². The largest absolute Gasteiger partial charge is 0.397 e. The molecule has 1 aliphatic rings. The van der Waals surface area contributed by atoms with Gasteiger partial charge in [-0.05, 0) is 40.2 Å². The summed E-state index contributed by atoms with van der Waals surface area (Å²) in [7, 11) is 0. The van der Waals surface area contributed by atoms with Crippen molar-refractivity contribution in [1.82, 2.24) is 0 Å². The van der Waals surface area contributed by atoms with E-state index in [4.69, 9.17) is 17.3 Å². The predicted octanol–water partition coefficient (Wildman–Crippen LogP) is 3.49. The molecule has 6 heteroatoms. The van der Waals surface area contributed by atoms with Crippen molar-refractivity contribution >= 4 is 50.7 Å². The summed E-state index contributed by atoms with van der Waals surface area (Å²) in [5.41, 5.74) is 7.28. The van der Waals surface area contributed by atoms with Crippen molar-refractivity contribution in [1.29, 1.82) is 0 Å². The summed E-state index contributed by atoms with van der Waals surface area (Å²) >= 11 is 9.26. The third-order valence-corrected chi connectivity index (χ3v) is 4.08. The number of carbonyl (C=O) groups is 2. The summed E-state index contributed by atoms with van der Waals surface area (Å²) in [5, 5.41) is 0.283. The highest BCUT2D eigenvalue weighted by atomic mass is 79.9. The number of nitrogens with two attached hydrogens (primary N) is 1. The van der Waals surface area contributed by atoms with Crippen molar-refractivity contribution in [2.75, 3.05) is 10.6 Å². The Kier molecular flexibility index (Phi) is 3.03. The molecule has 1 aliphatic heterocycles. The van der Waals surface area contributed by atoms with Gasteiger partial charge in [0, 0.05) is 4.47 Å². The van der Waals surface area contributed by atoms with Crippen LogP contribution in [0.4, 0.5) is 11.4 Å². The zero-order valence-electron chi connectivity index (χ0n) is 10.1. The van der Waals surface area contributed by atoms with Gasteiger partial charge in [0.1, 0.15) is 0 Å². The van der Waals surface area contributed by atoms with E-state index < -0.39 is 0 Å². The van der Waals surface area contributed by atoms with E-state index in [1.54, 1.807) is 30.3 Å². The fraction of sp³-hybridized carbons (Fsp3) is 0. The second-order valence-electron chi connectivity index (χ2n) is 4.31. The van der Waals surface area contributed by atoms with Crippen LogP contribution in [0, 0.1) is 0 Å². The number of anilines is 2. The maximum Gasteiger partial charge on any atom is 0.266 e. The minimum Gasteiger partial charge on any atom is -0.397 e. The molecule has 2 aromatic carbocycles. The maximum absolute atomic E-state index is 12.3. The standard InChI is InChI=1S/C14H8BrClN2O2/c15-10-5-7(6-11(16)12(10)17)18-13(19)8-3-1-2-4-9(8)14(18)20/h1-6H,17H2. The van der Waals surface area contributed by atoms with Gasteiger partial charge in [-0.2, -0.15) is 0 Å². The van der Waals surface area contributed by atoms with Gasteiger partial charge in [0.15, 0.2) is 0 Å². The van der Waals surface area contributed by atoms with Crippen LogP contribution in [0.2, 0.25) is 5.02 Å². The van der Waals surface area contributed by atoms with Gasteiger partial charge in [-0.3, -0.25) is 9.59 Å². The first kappa shape index (κ1) is 13.1. The normalized spacial score (nSPS) is 13.8. The molecule has 1 heterocycles. The molecule has 4 nitrogen and oxygen atoms in total. The lowest BCUT2D eigenvalue weighted by atomic mass is 10.1. The molecule has 2 N–H and O–H groups in total. The van der Waals surface area contributed by atoms with E-state index in [9.17, 15) is 9.59 Å². The van der Waals surface area contributed by atoms with Gasteiger partial charge in [-0.15, -0.1) is 0 Å². The van der Waals surface area contributed by atoms with Crippen molar-refractivity contribution in [2.24, 2.45) is 0 Å². The van der Waals surface area contributed by atoms with Crippen LogP contribution in [0.15, 0.2) is 40.9 Å². The summed E-state index contributed by atoms with van der Waals surface area (Å²) in [4.78, 5) is 25.8. The van der Waals surface area contributed by atoms with Gasteiger partial charge in [-0.1, -0.05) is 23.7 Å². The zero-order chi connectivity index (χ0) is 14.4. The number of hydrogen-bond acceptors (Lipinski definition) is 3. The Hall–Kier alpha value is -1.85. The van der Waals surface area contributed by atoms with Gasteiger partial charge in [-0.25, -0.2) is 4.90 Å². The Morgan fingerprint density at radius 1 is 1.05 bits per heavy atom. The van der Waals surface area contributed by atoms with Gasteiger partial charge < -0.3 is 5.73 Å². The Morgan fingerprint density at radius 2 is 1.60 bits per heavy atom. The molecular weight excluding hydrogens is 344 g/mol. The fourth-order valence-electron chi connectivity index (χ4n) is 2.12.